The summed E-state index contributed by atoms with van der Waals surface area (Å²) in [5.41, 5.74) is 0. The summed E-state index contributed by atoms with van der Waals surface area (Å²) in [5.74, 6) is 0.314. The molecular weight excluding hydrogens is 277 g/mol. The van der Waals surface area contributed by atoms with Gasteiger partial charge >= 0.3 is 0 Å². The number of aromatic nitrogens is 1. The Morgan fingerprint density at radius 1 is 1.15 bits per heavy atom. The predicted molar refractivity (Wildman–Crippen MR) is 46.8 cm³/mol. The first-order valence-electron chi connectivity index (χ1n) is 3.84. The molecule has 0 spiro atoms. The van der Waals surface area contributed by atoms with Crippen LogP contribution in [-0.2, 0) is 7.05 Å². The minimum Gasteiger partial charge on any atom is -1.00 e. The zero-order valence-electron chi connectivity index (χ0n) is 7.24. The fourth-order valence-electron chi connectivity index (χ4n) is 1.29. The molecule has 13 heavy (non-hydrogen) atoms. The van der Waals surface area contributed by atoms with Gasteiger partial charge in [0.25, 0.3) is 0 Å². The van der Waals surface area contributed by atoms with E-state index in [0.717, 1.165) is 10.8 Å². The minimum absolute atomic E-state index is 0. The van der Waals surface area contributed by atoms with Crippen molar-refractivity contribution in [1.29, 1.82) is 0 Å². The molecule has 0 aliphatic rings. The predicted octanol–water partition coefficient (Wildman–Crippen LogP) is -1.63. The average molecular weight is 287 g/mol. The van der Waals surface area contributed by atoms with Gasteiger partial charge in [0.15, 0.2) is 12.4 Å². The van der Waals surface area contributed by atoms with E-state index in [1.807, 2.05) is 36.1 Å². The van der Waals surface area contributed by atoms with E-state index in [0.29, 0.717) is 5.75 Å². The van der Waals surface area contributed by atoms with Crippen molar-refractivity contribution in [2.45, 2.75) is 0 Å². The van der Waals surface area contributed by atoms with Gasteiger partial charge in [-0.1, -0.05) is 6.07 Å². The molecule has 1 aromatic heterocycles. The third-order valence-corrected chi connectivity index (χ3v) is 1.90. The molecule has 0 saturated heterocycles. The van der Waals surface area contributed by atoms with Gasteiger partial charge in [0.05, 0.1) is 0 Å². The van der Waals surface area contributed by atoms with E-state index in [1.54, 1.807) is 12.1 Å². The van der Waals surface area contributed by atoms with Crippen molar-refractivity contribution in [2.75, 3.05) is 0 Å². The van der Waals surface area contributed by atoms with Crippen LogP contribution in [0.1, 0.15) is 0 Å². The first-order valence-corrected chi connectivity index (χ1v) is 3.84. The van der Waals surface area contributed by atoms with E-state index in [9.17, 15) is 5.11 Å². The molecule has 0 radical (unpaired) electrons. The van der Waals surface area contributed by atoms with E-state index >= 15 is 0 Å². The molecule has 1 aromatic carbocycles. The Morgan fingerprint density at radius 3 is 2.69 bits per heavy atom. The standard InChI is InChI=1S/C10H9NO.HI/c1-11-5-4-8-2-3-10(12)6-9(8)7-11;/h2-7H,1H3;1H. The van der Waals surface area contributed by atoms with Gasteiger partial charge in [-0.25, -0.2) is 4.57 Å². The molecule has 2 rings (SSSR count). The number of fused-ring (bicyclic) bond motifs is 1. The number of halogens is 1. The number of phenolic OH excluding ortho intramolecular Hbond substituents is 1. The number of rotatable bonds is 0. The van der Waals surface area contributed by atoms with Crippen molar-refractivity contribution < 1.29 is 33.7 Å². The zero-order chi connectivity index (χ0) is 8.55. The Balaban J connectivity index is 0.000000845. The third kappa shape index (κ3) is 2.09. The monoisotopic (exact) mass is 287 g/mol. The Labute approximate surface area is 93.8 Å². The van der Waals surface area contributed by atoms with Crippen LogP contribution < -0.4 is 28.5 Å². The number of phenols is 1. The first-order chi connectivity index (χ1) is 5.75. The number of pyridine rings is 1. The van der Waals surface area contributed by atoms with Crippen molar-refractivity contribution >= 4 is 10.8 Å². The minimum atomic E-state index is 0. The molecule has 1 heterocycles. The largest absolute Gasteiger partial charge is 1.00 e. The zero-order valence-corrected chi connectivity index (χ0v) is 9.39. The molecule has 0 aliphatic heterocycles. The van der Waals surface area contributed by atoms with Gasteiger partial charge in [-0.05, 0) is 17.5 Å². The highest BCUT2D eigenvalue weighted by molar-refractivity contribution is 5.81. The maximum Gasteiger partial charge on any atom is 0.176 e. The number of nitrogens with zero attached hydrogens (tertiary/aromatic N) is 1. The lowest BCUT2D eigenvalue weighted by molar-refractivity contribution is -0.670. The van der Waals surface area contributed by atoms with Crippen molar-refractivity contribution in [1.82, 2.24) is 0 Å². The van der Waals surface area contributed by atoms with E-state index in [-0.39, 0.29) is 24.0 Å². The second-order valence-electron chi connectivity index (χ2n) is 2.92. The SMILES string of the molecule is C[n+]1ccc2ccc(O)cc2c1.[I-]. The molecule has 3 heteroatoms. The summed E-state index contributed by atoms with van der Waals surface area (Å²) in [6, 6.07) is 7.39. The van der Waals surface area contributed by atoms with Crippen LogP contribution in [0.2, 0.25) is 0 Å². The van der Waals surface area contributed by atoms with Crippen LogP contribution in [-0.4, -0.2) is 5.11 Å². The molecule has 0 bridgehead atoms. The van der Waals surface area contributed by atoms with Crippen LogP contribution in [0, 0.1) is 0 Å². The second kappa shape index (κ2) is 3.91. The van der Waals surface area contributed by atoms with E-state index in [1.165, 1.54) is 0 Å². The van der Waals surface area contributed by atoms with Gasteiger partial charge in [0.1, 0.15) is 12.8 Å². The lowest BCUT2D eigenvalue weighted by Gasteiger charge is -1.95. The maximum absolute atomic E-state index is 9.21. The summed E-state index contributed by atoms with van der Waals surface area (Å²) in [6.07, 6.45) is 3.97. The smallest absolute Gasteiger partial charge is 0.176 e. The Kier molecular flexibility index (Phi) is 3.08. The summed E-state index contributed by atoms with van der Waals surface area (Å²) in [6.45, 7) is 0. The lowest BCUT2D eigenvalue weighted by atomic mass is 10.2. The Bertz CT molecular complexity index is 391. The lowest BCUT2D eigenvalue weighted by Crippen LogP contribution is -3.00. The summed E-state index contributed by atoms with van der Waals surface area (Å²) in [5, 5.41) is 11.4. The Hall–Kier alpha value is -0.840. The third-order valence-electron chi connectivity index (χ3n) is 1.90. The van der Waals surface area contributed by atoms with Gasteiger partial charge in [-0.3, -0.25) is 0 Å². The maximum atomic E-state index is 9.21. The first kappa shape index (κ1) is 10.2. The van der Waals surface area contributed by atoms with Crippen LogP contribution in [0.25, 0.3) is 10.8 Å². The van der Waals surface area contributed by atoms with Crippen LogP contribution in [0.3, 0.4) is 0 Å². The highest BCUT2D eigenvalue weighted by Crippen LogP contribution is 2.17. The second-order valence-corrected chi connectivity index (χ2v) is 2.92. The molecule has 68 valence electrons. The Morgan fingerprint density at radius 2 is 1.92 bits per heavy atom. The number of hydrogen-bond acceptors (Lipinski definition) is 1. The summed E-state index contributed by atoms with van der Waals surface area (Å²) in [7, 11) is 1.96. The highest BCUT2D eigenvalue weighted by Gasteiger charge is 1.98. The number of benzene rings is 1. The van der Waals surface area contributed by atoms with Crippen LogP contribution >= 0.6 is 0 Å². The summed E-state index contributed by atoms with van der Waals surface area (Å²) < 4.78 is 1.96. The molecule has 0 atom stereocenters. The van der Waals surface area contributed by atoms with Crippen molar-refractivity contribution in [3.8, 4) is 5.75 Å². The van der Waals surface area contributed by atoms with Crippen LogP contribution in [0.5, 0.6) is 5.75 Å². The summed E-state index contributed by atoms with van der Waals surface area (Å²) in [4.78, 5) is 0. The van der Waals surface area contributed by atoms with Crippen molar-refractivity contribution in [2.24, 2.45) is 7.05 Å². The number of aryl methyl sites for hydroxylation is 1. The molecule has 0 amide bonds. The van der Waals surface area contributed by atoms with E-state index in [4.69, 9.17) is 0 Å². The molecule has 1 N–H and O–H groups in total. The normalized spacial score (nSPS) is 9.62. The molecule has 0 aliphatic carbocycles. The molecule has 2 nitrogen and oxygen atoms in total. The molecule has 0 saturated carbocycles. The highest BCUT2D eigenvalue weighted by atomic mass is 127. The van der Waals surface area contributed by atoms with E-state index in [2.05, 4.69) is 0 Å². The molecule has 0 unspecified atom stereocenters. The van der Waals surface area contributed by atoms with Crippen molar-refractivity contribution in [3.05, 3.63) is 36.7 Å². The number of aromatic hydroxyl groups is 1. The van der Waals surface area contributed by atoms with Gasteiger partial charge in [-0.2, -0.15) is 0 Å². The summed E-state index contributed by atoms with van der Waals surface area (Å²) >= 11 is 0. The van der Waals surface area contributed by atoms with Gasteiger partial charge in [0, 0.05) is 11.5 Å². The van der Waals surface area contributed by atoms with Gasteiger partial charge in [0.2, 0.25) is 0 Å². The van der Waals surface area contributed by atoms with Crippen molar-refractivity contribution in [3.63, 3.8) is 0 Å². The molecule has 2 aromatic rings. The fourth-order valence-corrected chi connectivity index (χ4v) is 1.29. The number of hydrogen-bond donors (Lipinski definition) is 1. The fraction of sp³-hybridized carbons (Fsp3) is 0.100. The van der Waals surface area contributed by atoms with E-state index < -0.39 is 0 Å². The average Bonchev–Trinajstić information content (AvgIpc) is 2.03. The van der Waals surface area contributed by atoms with Gasteiger partial charge in [-0.15, -0.1) is 0 Å². The molecular formula is C10H10INO. The topological polar surface area (TPSA) is 24.1 Å². The van der Waals surface area contributed by atoms with Crippen LogP contribution in [0.4, 0.5) is 0 Å². The van der Waals surface area contributed by atoms with Crippen LogP contribution in [0.15, 0.2) is 36.7 Å². The molecule has 0 fully saturated rings. The van der Waals surface area contributed by atoms with Gasteiger partial charge < -0.3 is 29.1 Å². The quantitative estimate of drug-likeness (QED) is 0.457.